The molecule has 0 fully saturated rings. The van der Waals surface area contributed by atoms with Crippen LogP contribution in [0, 0.1) is 0 Å². The summed E-state index contributed by atoms with van der Waals surface area (Å²) in [6.07, 6.45) is 0. The lowest BCUT2D eigenvalue weighted by Crippen LogP contribution is -1.95. The van der Waals surface area contributed by atoms with E-state index in [0.29, 0.717) is 6.61 Å². The molecule has 0 radical (unpaired) electrons. The highest BCUT2D eigenvalue weighted by Crippen LogP contribution is 2.24. The fourth-order valence-corrected chi connectivity index (χ4v) is 2.60. The van der Waals surface area contributed by atoms with Crippen molar-refractivity contribution in [1.82, 2.24) is 10.2 Å². The maximum Gasteiger partial charge on any atom is 0.155 e. The summed E-state index contributed by atoms with van der Waals surface area (Å²) in [7, 11) is 0. The molecule has 0 bridgehead atoms. The van der Waals surface area contributed by atoms with Gasteiger partial charge in [0.1, 0.15) is 17.4 Å². The fourth-order valence-electron chi connectivity index (χ4n) is 1.85. The highest BCUT2D eigenvalue weighted by molar-refractivity contribution is 7.14. The summed E-state index contributed by atoms with van der Waals surface area (Å²) in [5.74, 6) is 0.753. The van der Waals surface area contributed by atoms with E-state index in [9.17, 15) is 0 Å². The van der Waals surface area contributed by atoms with E-state index in [-0.39, 0.29) is 6.61 Å². The number of aliphatic hydroxyl groups is 1. The van der Waals surface area contributed by atoms with Crippen molar-refractivity contribution in [2.75, 3.05) is 0 Å². The second kappa shape index (κ2) is 6.47. The maximum absolute atomic E-state index is 8.99. The number of benzene rings is 2. The van der Waals surface area contributed by atoms with Crippen LogP contribution in [0.15, 0.2) is 54.6 Å². The van der Waals surface area contributed by atoms with E-state index in [2.05, 4.69) is 10.2 Å². The smallest absolute Gasteiger partial charge is 0.155 e. The molecule has 0 aliphatic heterocycles. The van der Waals surface area contributed by atoms with Gasteiger partial charge in [0.15, 0.2) is 5.01 Å². The average molecular weight is 298 g/mol. The SMILES string of the molecule is OCc1ccc(OCc2nnc(-c3ccccc3)s2)cc1. The molecule has 3 rings (SSSR count). The molecule has 0 aliphatic rings. The van der Waals surface area contributed by atoms with Gasteiger partial charge in [0.05, 0.1) is 6.61 Å². The summed E-state index contributed by atoms with van der Waals surface area (Å²) in [6, 6.07) is 17.3. The molecule has 21 heavy (non-hydrogen) atoms. The first-order valence-corrected chi connectivity index (χ1v) is 7.37. The largest absolute Gasteiger partial charge is 0.486 e. The Kier molecular flexibility index (Phi) is 4.23. The molecule has 0 amide bonds. The molecule has 0 atom stereocenters. The van der Waals surface area contributed by atoms with Crippen molar-refractivity contribution in [1.29, 1.82) is 0 Å². The minimum absolute atomic E-state index is 0.0388. The van der Waals surface area contributed by atoms with Crippen LogP contribution >= 0.6 is 11.3 Å². The van der Waals surface area contributed by atoms with Gasteiger partial charge in [0, 0.05) is 5.56 Å². The zero-order chi connectivity index (χ0) is 14.5. The molecule has 1 N–H and O–H groups in total. The average Bonchev–Trinajstić information content (AvgIpc) is 3.03. The monoisotopic (exact) mass is 298 g/mol. The zero-order valence-electron chi connectivity index (χ0n) is 11.3. The quantitative estimate of drug-likeness (QED) is 0.785. The normalized spacial score (nSPS) is 10.5. The van der Waals surface area contributed by atoms with Gasteiger partial charge in [-0.05, 0) is 17.7 Å². The fraction of sp³-hybridized carbons (Fsp3) is 0.125. The predicted octanol–water partition coefficient (Wildman–Crippen LogP) is 3.28. The Morgan fingerprint density at radius 3 is 2.43 bits per heavy atom. The molecular formula is C16H14N2O2S. The zero-order valence-corrected chi connectivity index (χ0v) is 12.1. The van der Waals surface area contributed by atoms with Gasteiger partial charge in [0.25, 0.3) is 0 Å². The number of rotatable bonds is 5. The van der Waals surface area contributed by atoms with Crippen molar-refractivity contribution < 1.29 is 9.84 Å². The Labute approximate surface area is 126 Å². The van der Waals surface area contributed by atoms with E-state index in [1.807, 2.05) is 54.6 Å². The second-order valence-corrected chi connectivity index (χ2v) is 5.52. The van der Waals surface area contributed by atoms with E-state index in [1.54, 1.807) is 0 Å². The molecular weight excluding hydrogens is 284 g/mol. The summed E-state index contributed by atoms with van der Waals surface area (Å²) in [5, 5.41) is 19.0. The lowest BCUT2D eigenvalue weighted by Gasteiger charge is -2.03. The number of hydrogen-bond donors (Lipinski definition) is 1. The Morgan fingerprint density at radius 2 is 1.71 bits per heavy atom. The van der Waals surface area contributed by atoms with Crippen molar-refractivity contribution in [2.24, 2.45) is 0 Å². The number of ether oxygens (including phenoxy) is 1. The van der Waals surface area contributed by atoms with Crippen molar-refractivity contribution >= 4 is 11.3 Å². The molecule has 4 nitrogen and oxygen atoms in total. The summed E-state index contributed by atoms with van der Waals surface area (Å²) < 4.78 is 5.67. The first-order valence-electron chi connectivity index (χ1n) is 6.55. The van der Waals surface area contributed by atoms with Gasteiger partial charge in [-0.25, -0.2) is 0 Å². The van der Waals surface area contributed by atoms with E-state index < -0.39 is 0 Å². The first-order chi connectivity index (χ1) is 10.3. The van der Waals surface area contributed by atoms with Crippen LogP contribution in [0.4, 0.5) is 0 Å². The maximum atomic E-state index is 8.99. The summed E-state index contributed by atoms with van der Waals surface area (Å²) >= 11 is 1.53. The molecule has 0 spiro atoms. The molecule has 0 aliphatic carbocycles. The summed E-state index contributed by atoms with van der Waals surface area (Å²) in [4.78, 5) is 0. The van der Waals surface area contributed by atoms with E-state index in [1.165, 1.54) is 11.3 Å². The van der Waals surface area contributed by atoms with Crippen LogP contribution in [0.3, 0.4) is 0 Å². The minimum atomic E-state index is 0.0388. The van der Waals surface area contributed by atoms with Gasteiger partial charge in [-0.2, -0.15) is 0 Å². The molecule has 1 aromatic heterocycles. The van der Waals surface area contributed by atoms with Crippen molar-refractivity contribution in [3.8, 4) is 16.3 Å². The van der Waals surface area contributed by atoms with Crippen LogP contribution in [0.25, 0.3) is 10.6 Å². The third-order valence-electron chi connectivity index (χ3n) is 2.96. The van der Waals surface area contributed by atoms with Crippen LogP contribution in [0.2, 0.25) is 0 Å². The van der Waals surface area contributed by atoms with Crippen LogP contribution in [-0.4, -0.2) is 15.3 Å². The number of nitrogens with zero attached hydrogens (tertiary/aromatic N) is 2. The van der Waals surface area contributed by atoms with Crippen molar-refractivity contribution in [2.45, 2.75) is 13.2 Å². The van der Waals surface area contributed by atoms with Gasteiger partial charge < -0.3 is 9.84 Å². The van der Waals surface area contributed by atoms with Crippen LogP contribution in [-0.2, 0) is 13.2 Å². The number of aromatic nitrogens is 2. The van der Waals surface area contributed by atoms with Gasteiger partial charge in [-0.15, -0.1) is 10.2 Å². The summed E-state index contributed by atoms with van der Waals surface area (Å²) in [6.45, 7) is 0.431. The second-order valence-electron chi connectivity index (χ2n) is 4.46. The van der Waals surface area contributed by atoms with Gasteiger partial charge in [-0.1, -0.05) is 53.8 Å². The minimum Gasteiger partial charge on any atom is -0.486 e. The molecule has 0 saturated carbocycles. The predicted molar refractivity (Wildman–Crippen MR) is 82.0 cm³/mol. The molecule has 1 heterocycles. The Bertz CT molecular complexity index is 696. The van der Waals surface area contributed by atoms with Crippen LogP contribution in [0.5, 0.6) is 5.75 Å². The van der Waals surface area contributed by atoms with Crippen LogP contribution in [0.1, 0.15) is 10.6 Å². The third kappa shape index (κ3) is 3.45. The highest BCUT2D eigenvalue weighted by Gasteiger charge is 2.06. The topological polar surface area (TPSA) is 55.2 Å². The van der Waals surface area contributed by atoms with E-state index in [4.69, 9.17) is 9.84 Å². The lowest BCUT2D eigenvalue weighted by molar-refractivity contribution is 0.280. The Morgan fingerprint density at radius 1 is 0.952 bits per heavy atom. The molecule has 0 unspecified atom stereocenters. The highest BCUT2D eigenvalue weighted by atomic mass is 32.1. The molecule has 0 saturated heterocycles. The van der Waals surface area contributed by atoms with E-state index >= 15 is 0 Å². The number of aliphatic hydroxyl groups excluding tert-OH is 1. The van der Waals surface area contributed by atoms with E-state index in [0.717, 1.165) is 26.9 Å². The van der Waals surface area contributed by atoms with Crippen molar-refractivity contribution in [3.63, 3.8) is 0 Å². The Hall–Kier alpha value is -2.24. The molecule has 2 aromatic carbocycles. The molecule has 5 heteroatoms. The number of hydrogen-bond acceptors (Lipinski definition) is 5. The standard InChI is InChI=1S/C16H14N2O2S/c19-10-12-6-8-14(9-7-12)20-11-15-17-18-16(21-15)13-4-2-1-3-5-13/h1-9,19H,10-11H2. The van der Waals surface area contributed by atoms with Gasteiger partial charge in [0.2, 0.25) is 0 Å². The molecule has 3 aromatic rings. The first kappa shape index (κ1) is 13.7. The van der Waals surface area contributed by atoms with Crippen molar-refractivity contribution in [3.05, 3.63) is 65.2 Å². The van der Waals surface area contributed by atoms with Gasteiger partial charge >= 0.3 is 0 Å². The summed E-state index contributed by atoms with van der Waals surface area (Å²) in [5.41, 5.74) is 1.93. The lowest BCUT2D eigenvalue weighted by atomic mass is 10.2. The van der Waals surface area contributed by atoms with Crippen LogP contribution < -0.4 is 4.74 Å². The molecule has 106 valence electrons. The Balaban J connectivity index is 1.64. The third-order valence-corrected chi connectivity index (χ3v) is 3.90. The van der Waals surface area contributed by atoms with Gasteiger partial charge in [-0.3, -0.25) is 0 Å².